The van der Waals surface area contributed by atoms with Crippen LogP contribution in [0.5, 0.6) is 0 Å². The van der Waals surface area contributed by atoms with Gasteiger partial charge in [-0.15, -0.1) is 11.6 Å². The molecular weight excluding hydrogens is 255 g/mol. The quantitative estimate of drug-likeness (QED) is 0.673. The number of aromatic nitrogens is 2. The van der Waals surface area contributed by atoms with Crippen molar-refractivity contribution in [2.24, 2.45) is 0 Å². The van der Waals surface area contributed by atoms with Crippen LogP contribution in [0.15, 0.2) is 0 Å². The fourth-order valence-electron chi connectivity index (χ4n) is 1.95. The van der Waals surface area contributed by atoms with Gasteiger partial charge in [-0.3, -0.25) is 4.68 Å². The summed E-state index contributed by atoms with van der Waals surface area (Å²) in [5, 5.41) is 5.66. The lowest BCUT2D eigenvalue weighted by atomic mass is 10.1. The van der Waals surface area contributed by atoms with Crippen molar-refractivity contribution in [3.63, 3.8) is 0 Å². The first-order valence-electron chi connectivity index (χ1n) is 6.52. The number of halogens is 2. The Bertz CT molecular complexity index is 347. The van der Waals surface area contributed by atoms with E-state index in [1.807, 2.05) is 4.68 Å². The maximum Gasteiger partial charge on any atom is 0.0849 e. The summed E-state index contributed by atoms with van der Waals surface area (Å²) in [7, 11) is 0. The molecule has 1 aromatic heterocycles. The van der Waals surface area contributed by atoms with Gasteiger partial charge in [-0.05, 0) is 39.0 Å². The SMILES string of the molecule is CCc1nn(CC)c(CCCC(Cl)CC)c1Cl. The zero-order chi connectivity index (χ0) is 12.8. The first kappa shape index (κ1) is 14.8. The highest BCUT2D eigenvalue weighted by atomic mass is 35.5. The fraction of sp³-hybridized carbons (Fsp3) is 0.769. The van der Waals surface area contributed by atoms with Gasteiger partial charge in [-0.1, -0.05) is 25.4 Å². The Morgan fingerprint density at radius 1 is 1.29 bits per heavy atom. The molecule has 0 saturated carbocycles. The number of hydrogen-bond acceptors (Lipinski definition) is 1. The lowest BCUT2D eigenvalue weighted by molar-refractivity contribution is 0.589. The van der Waals surface area contributed by atoms with Gasteiger partial charge in [0, 0.05) is 11.9 Å². The maximum absolute atomic E-state index is 6.34. The van der Waals surface area contributed by atoms with Crippen LogP contribution in [0.25, 0.3) is 0 Å². The second-order valence-electron chi connectivity index (χ2n) is 4.27. The first-order chi connectivity index (χ1) is 8.13. The minimum atomic E-state index is 0.289. The van der Waals surface area contributed by atoms with Crippen molar-refractivity contribution in [3.8, 4) is 0 Å². The van der Waals surface area contributed by atoms with Gasteiger partial charge in [0.15, 0.2) is 0 Å². The van der Waals surface area contributed by atoms with Gasteiger partial charge in [-0.25, -0.2) is 0 Å². The highest BCUT2D eigenvalue weighted by Gasteiger charge is 2.14. The van der Waals surface area contributed by atoms with Crippen molar-refractivity contribution in [1.82, 2.24) is 9.78 Å². The molecule has 0 bridgehead atoms. The molecule has 1 unspecified atom stereocenters. The summed E-state index contributed by atoms with van der Waals surface area (Å²) in [6.07, 6.45) is 5.03. The Morgan fingerprint density at radius 2 is 2.00 bits per heavy atom. The number of aryl methyl sites for hydroxylation is 2. The lowest BCUT2D eigenvalue weighted by Crippen LogP contribution is -2.04. The monoisotopic (exact) mass is 276 g/mol. The van der Waals surface area contributed by atoms with Crippen molar-refractivity contribution in [1.29, 1.82) is 0 Å². The van der Waals surface area contributed by atoms with Crippen molar-refractivity contribution in [2.75, 3.05) is 0 Å². The van der Waals surface area contributed by atoms with Crippen LogP contribution in [-0.4, -0.2) is 15.2 Å². The Morgan fingerprint density at radius 3 is 2.53 bits per heavy atom. The number of alkyl halides is 1. The predicted octanol–water partition coefficient (Wildman–Crippen LogP) is 4.46. The van der Waals surface area contributed by atoms with E-state index in [9.17, 15) is 0 Å². The third-order valence-electron chi connectivity index (χ3n) is 3.07. The molecule has 0 radical (unpaired) electrons. The highest BCUT2D eigenvalue weighted by Crippen LogP contribution is 2.24. The Kier molecular flexibility index (Phi) is 6.35. The molecule has 0 N–H and O–H groups in total. The van der Waals surface area contributed by atoms with Crippen LogP contribution >= 0.6 is 23.2 Å². The van der Waals surface area contributed by atoms with Crippen LogP contribution in [0.2, 0.25) is 5.02 Å². The molecule has 0 aliphatic heterocycles. The molecule has 1 atom stereocenters. The molecule has 17 heavy (non-hydrogen) atoms. The molecule has 0 saturated heterocycles. The molecule has 4 heteroatoms. The number of rotatable bonds is 7. The van der Waals surface area contributed by atoms with Gasteiger partial charge >= 0.3 is 0 Å². The summed E-state index contributed by atoms with van der Waals surface area (Å²) < 4.78 is 2.02. The van der Waals surface area contributed by atoms with E-state index in [0.29, 0.717) is 0 Å². The molecule has 0 aliphatic rings. The molecule has 2 nitrogen and oxygen atoms in total. The van der Waals surface area contributed by atoms with E-state index in [4.69, 9.17) is 23.2 Å². The van der Waals surface area contributed by atoms with Crippen LogP contribution in [0, 0.1) is 0 Å². The molecular formula is C13H22Cl2N2. The van der Waals surface area contributed by atoms with E-state index in [1.54, 1.807) is 0 Å². The van der Waals surface area contributed by atoms with Crippen molar-refractivity contribution in [2.45, 2.75) is 64.8 Å². The largest absolute Gasteiger partial charge is 0.268 e. The topological polar surface area (TPSA) is 17.8 Å². The van der Waals surface area contributed by atoms with Crippen LogP contribution in [-0.2, 0) is 19.4 Å². The number of nitrogens with zero attached hydrogens (tertiary/aromatic N) is 2. The summed E-state index contributed by atoms with van der Waals surface area (Å²) >= 11 is 12.5. The van der Waals surface area contributed by atoms with Crippen LogP contribution in [0.1, 0.15) is 51.4 Å². The van der Waals surface area contributed by atoms with Gasteiger partial charge < -0.3 is 0 Å². The standard InChI is InChI=1S/C13H22Cl2N2/c1-4-10(14)8-7-9-12-13(15)11(5-2)16-17(12)6-3/h10H,4-9H2,1-3H3. The number of hydrogen-bond donors (Lipinski definition) is 0. The summed E-state index contributed by atoms with van der Waals surface area (Å²) in [5.74, 6) is 0. The van der Waals surface area contributed by atoms with Crippen molar-refractivity contribution in [3.05, 3.63) is 16.4 Å². The predicted molar refractivity (Wildman–Crippen MR) is 75.2 cm³/mol. The molecule has 0 aromatic carbocycles. The van der Waals surface area contributed by atoms with Gasteiger partial charge in [-0.2, -0.15) is 5.10 Å². The van der Waals surface area contributed by atoms with E-state index in [2.05, 4.69) is 25.9 Å². The van der Waals surface area contributed by atoms with Gasteiger partial charge in [0.2, 0.25) is 0 Å². The highest BCUT2D eigenvalue weighted by molar-refractivity contribution is 6.31. The molecule has 1 aromatic rings. The van der Waals surface area contributed by atoms with Gasteiger partial charge in [0.05, 0.1) is 16.4 Å². The van der Waals surface area contributed by atoms with E-state index < -0.39 is 0 Å². The van der Waals surface area contributed by atoms with E-state index in [0.717, 1.165) is 49.4 Å². The first-order valence-corrected chi connectivity index (χ1v) is 7.33. The molecule has 98 valence electrons. The minimum absolute atomic E-state index is 0.289. The van der Waals surface area contributed by atoms with E-state index in [1.165, 1.54) is 5.69 Å². The van der Waals surface area contributed by atoms with Crippen molar-refractivity contribution < 1.29 is 0 Å². The lowest BCUT2D eigenvalue weighted by Gasteiger charge is -2.07. The summed E-state index contributed by atoms with van der Waals surface area (Å²) in [6.45, 7) is 7.19. The molecule has 0 amide bonds. The summed E-state index contributed by atoms with van der Waals surface area (Å²) in [4.78, 5) is 0. The van der Waals surface area contributed by atoms with Gasteiger partial charge in [0.25, 0.3) is 0 Å². The molecule has 0 fully saturated rings. The third kappa shape index (κ3) is 3.89. The Hall–Kier alpha value is -0.210. The fourth-order valence-corrected chi connectivity index (χ4v) is 2.47. The minimum Gasteiger partial charge on any atom is -0.268 e. The zero-order valence-corrected chi connectivity index (χ0v) is 12.5. The second kappa shape index (κ2) is 7.27. The molecule has 1 heterocycles. The van der Waals surface area contributed by atoms with Gasteiger partial charge in [0.1, 0.15) is 0 Å². The Labute approximate surface area is 114 Å². The average molecular weight is 277 g/mol. The van der Waals surface area contributed by atoms with E-state index >= 15 is 0 Å². The second-order valence-corrected chi connectivity index (χ2v) is 5.27. The maximum atomic E-state index is 6.34. The molecule has 1 rings (SSSR count). The van der Waals surface area contributed by atoms with Crippen LogP contribution < -0.4 is 0 Å². The summed E-state index contributed by atoms with van der Waals surface area (Å²) in [5.41, 5.74) is 2.19. The normalized spacial score (nSPS) is 13.0. The summed E-state index contributed by atoms with van der Waals surface area (Å²) in [6, 6.07) is 0. The molecule has 0 spiro atoms. The Balaban J connectivity index is 2.66. The average Bonchev–Trinajstić information content (AvgIpc) is 2.65. The van der Waals surface area contributed by atoms with Crippen LogP contribution in [0.3, 0.4) is 0 Å². The third-order valence-corrected chi connectivity index (χ3v) is 4.03. The van der Waals surface area contributed by atoms with E-state index in [-0.39, 0.29) is 5.38 Å². The van der Waals surface area contributed by atoms with Crippen molar-refractivity contribution >= 4 is 23.2 Å². The van der Waals surface area contributed by atoms with Crippen LogP contribution in [0.4, 0.5) is 0 Å². The molecule has 0 aliphatic carbocycles. The smallest absolute Gasteiger partial charge is 0.0849 e. The zero-order valence-electron chi connectivity index (χ0n) is 11.0.